The number of amides is 2. The van der Waals surface area contributed by atoms with Crippen LogP contribution in [0.1, 0.15) is 43.9 Å². The lowest BCUT2D eigenvalue weighted by molar-refractivity contribution is -0.128. The highest BCUT2D eigenvalue weighted by Gasteiger charge is 2.37. The molecule has 2 fully saturated rings. The summed E-state index contributed by atoms with van der Waals surface area (Å²) in [5, 5.41) is 11.5. The van der Waals surface area contributed by atoms with Crippen molar-refractivity contribution in [1.29, 1.82) is 0 Å². The highest BCUT2D eigenvalue weighted by atomic mass is 32.2. The minimum Gasteiger partial charge on any atom is -0.467 e. The first-order chi connectivity index (χ1) is 20.9. The number of nitrogens with zero attached hydrogens (tertiary/aromatic N) is 5. The largest absolute Gasteiger partial charge is 0.467 e. The van der Waals surface area contributed by atoms with Crippen molar-refractivity contribution in [2.45, 2.75) is 55.6 Å². The summed E-state index contributed by atoms with van der Waals surface area (Å²) in [7, 11) is -3.76. The first-order valence-corrected chi connectivity index (χ1v) is 16.0. The van der Waals surface area contributed by atoms with Crippen LogP contribution in [0, 0.1) is 0 Å². The van der Waals surface area contributed by atoms with Crippen molar-refractivity contribution in [2.75, 3.05) is 31.2 Å². The smallest absolute Gasteiger partial charge is 0.251 e. The molecule has 1 N–H and O–H groups in total. The first kappa shape index (κ1) is 29.0. The van der Waals surface area contributed by atoms with E-state index in [0.717, 1.165) is 32.1 Å². The average Bonchev–Trinajstić information content (AvgIpc) is 3.71. The third kappa shape index (κ3) is 6.19. The number of aromatic nitrogens is 3. The van der Waals surface area contributed by atoms with E-state index in [2.05, 4.69) is 15.6 Å². The van der Waals surface area contributed by atoms with Crippen LogP contribution >= 0.6 is 0 Å². The third-order valence-electron chi connectivity index (χ3n) is 7.97. The summed E-state index contributed by atoms with van der Waals surface area (Å²) in [4.78, 5) is 29.6. The molecule has 0 spiro atoms. The highest BCUT2D eigenvalue weighted by Crippen LogP contribution is 2.31. The van der Waals surface area contributed by atoms with Gasteiger partial charge in [-0.2, -0.15) is 4.31 Å². The van der Waals surface area contributed by atoms with Crippen molar-refractivity contribution in [3.63, 3.8) is 0 Å². The van der Waals surface area contributed by atoms with Gasteiger partial charge in [0, 0.05) is 24.8 Å². The van der Waals surface area contributed by atoms with Crippen molar-refractivity contribution in [1.82, 2.24) is 24.6 Å². The fraction of sp³-hybridized carbons (Fsp3) is 0.400. The summed E-state index contributed by atoms with van der Waals surface area (Å²) in [5.74, 6) is -0.529. The molecule has 0 unspecified atom stereocenters. The SMILES string of the molecule is O=C(NC1CCCCC1)[C@H](c1ccco1)N(C(=O)Cn1nnc2ccccc21)c1ccc(S(=O)(=O)N2CCOCC2)cc1. The summed E-state index contributed by atoms with van der Waals surface area (Å²) < 4.78 is 40.5. The fourth-order valence-electron chi connectivity index (χ4n) is 5.74. The van der Waals surface area contributed by atoms with Crippen molar-refractivity contribution in [3.05, 3.63) is 72.7 Å². The molecule has 2 aromatic heterocycles. The van der Waals surface area contributed by atoms with Crippen LogP contribution in [0.25, 0.3) is 11.0 Å². The van der Waals surface area contributed by atoms with E-state index >= 15 is 0 Å². The molecule has 0 bridgehead atoms. The second-order valence-electron chi connectivity index (χ2n) is 10.8. The molecule has 2 aliphatic rings. The van der Waals surface area contributed by atoms with Crippen LogP contribution in [-0.4, -0.2) is 71.9 Å². The molecule has 1 atom stereocenters. The fourth-order valence-corrected chi connectivity index (χ4v) is 7.15. The quantitative estimate of drug-likeness (QED) is 0.306. The zero-order valence-corrected chi connectivity index (χ0v) is 24.5. The molecule has 1 saturated heterocycles. The molecule has 3 heterocycles. The number of rotatable bonds is 9. The van der Waals surface area contributed by atoms with Crippen LogP contribution in [0.3, 0.4) is 0 Å². The standard InChI is InChI=1S/C30H34N6O6S/c37-28(21-35-26-10-5-4-9-25(26)32-33-35)36(23-12-14-24(15-13-23)43(39,40)34-16-19-41-20-17-34)29(27-11-6-18-42-27)30(38)31-22-7-2-1-3-8-22/h4-6,9-15,18,22,29H,1-3,7-8,16-17,19-21H2,(H,31,38)/t29-/m0/s1. The molecule has 0 radical (unpaired) electrons. The molecule has 2 amide bonds. The number of hydrogen-bond acceptors (Lipinski definition) is 8. The summed E-state index contributed by atoms with van der Waals surface area (Å²) >= 11 is 0. The normalized spacial score (nSPS) is 17.5. The summed E-state index contributed by atoms with van der Waals surface area (Å²) in [6.07, 6.45) is 6.37. The average molecular weight is 607 g/mol. The molecule has 13 heteroatoms. The Kier molecular flexibility index (Phi) is 8.54. The second kappa shape index (κ2) is 12.7. The number of furan rings is 1. The van der Waals surface area contributed by atoms with E-state index in [0.29, 0.717) is 29.9 Å². The van der Waals surface area contributed by atoms with Crippen molar-refractivity contribution >= 4 is 38.6 Å². The van der Waals surface area contributed by atoms with E-state index in [1.165, 1.54) is 32.3 Å². The van der Waals surface area contributed by atoms with Crippen LogP contribution in [0.4, 0.5) is 5.69 Å². The highest BCUT2D eigenvalue weighted by molar-refractivity contribution is 7.89. The number of sulfonamides is 1. The monoisotopic (exact) mass is 606 g/mol. The van der Waals surface area contributed by atoms with Crippen molar-refractivity contribution < 1.29 is 27.2 Å². The van der Waals surface area contributed by atoms with Gasteiger partial charge in [-0.15, -0.1) is 5.10 Å². The molecule has 12 nitrogen and oxygen atoms in total. The Morgan fingerprint density at radius 1 is 0.977 bits per heavy atom. The summed E-state index contributed by atoms with van der Waals surface area (Å²) in [6.45, 7) is 0.988. The molecule has 226 valence electrons. The zero-order valence-electron chi connectivity index (χ0n) is 23.7. The predicted molar refractivity (Wildman–Crippen MR) is 157 cm³/mol. The maximum absolute atomic E-state index is 14.2. The Morgan fingerprint density at radius 3 is 2.44 bits per heavy atom. The molecule has 43 heavy (non-hydrogen) atoms. The Morgan fingerprint density at radius 2 is 1.72 bits per heavy atom. The van der Waals surface area contributed by atoms with Gasteiger partial charge >= 0.3 is 0 Å². The van der Waals surface area contributed by atoms with Crippen LogP contribution in [0.2, 0.25) is 0 Å². The predicted octanol–water partition coefficient (Wildman–Crippen LogP) is 3.27. The topological polar surface area (TPSA) is 140 Å². The van der Waals surface area contributed by atoms with Gasteiger partial charge in [-0.3, -0.25) is 14.5 Å². The first-order valence-electron chi connectivity index (χ1n) is 14.5. The van der Waals surface area contributed by atoms with Crippen molar-refractivity contribution in [3.8, 4) is 0 Å². The van der Waals surface area contributed by atoms with E-state index in [1.807, 2.05) is 18.2 Å². The van der Waals surface area contributed by atoms with Gasteiger partial charge in [0.05, 0.1) is 29.9 Å². The lowest BCUT2D eigenvalue weighted by Gasteiger charge is -2.32. The van der Waals surface area contributed by atoms with Crippen LogP contribution in [0.15, 0.2) is 76.2 Å². The maximum Gasteiger partial charge on any atom is 0.251 e. The number of para-hydroxylation sites is 1. The number of ether oxygens (including phenoxy) is 1. The Labute approximate surface area is 249 Å². The molecule has 1 aliphatic carbocycles. The van der Waals surface area contributed by atoms with E-state index in [9.17, 15) is 18.0 Å². The van der Waals surface area contributed by atoms with Gasteiger partial charge in [-0.25, -0.2) is 13.1 Å². The van der Waals surface area contributed by atoms with E-state index < -0.39 is 22.0 Å². The molecule has 2 aromatic carbocycles. The van der Waals surface area contributed by atoms with Gasteiger partial charge in [0.2, 0.25) is 15.9 Å². The number of hydrogen-bond donors (Lipinski definition) is 1. The molecule has 4 aromatic rings. The Balaban J connectivity index is 1.37. The van der Waals surface area contributed by atoms with Crippen LogP contribution in [-0.2, 0) is 30.9 Å². The number of carbonyl (C=O) groups excluding carboxylic acids is 2. The molecular weight excluding hydrogens is 572 g/mol. The number of anilines is 1. The van der Waals surface area contributed by atoms with E-state index in [1.54, 1.807) is 30.3 Å². The lowest BCUT2D eigenvalue weighted by atomic mass is 9.95. The van der Waals surface area contributed by atoms with Gasteiger partial charge in [0.1, 0.15) is 17.8 Å². The number of morpholine rings is 1. The van der Waals surface area contributed by atoms with Gasteiger partial charge in [-0.1, -0.05) is 36.6 Å². The molecular formula is C30H34N6O6S. The Bertz CT molecular complexity index is 1660. The van der Waals surface area contributed by atoms with E-state index in [-0.39, 0.29) is 42.2 Å². The minimum atomic E-state index is -3.76. The Hall–Kier alpha value is -4.07. The summed E-state index contributed by atoms with van der Waals surface area (Å²) in [6, 6.07) is 15.5. The summed E-state index contributed by atoms with van der Waals surface area (Å²) in [5.41, 5.74) is 1.65. The maximum atomic E-state index is 14.2. The van der Waals surface area contributed by atoms with Crippen molar-refractivity contribution in [2.24, 2.45) is 0 Å². The second-order valence-corrected chi connectivity index (χ2v) is 12.7. The number of fused-ring (bicyclic) bond motifs is 1. The lowest BCUT2D eigenvalue weighted by Crippen LogP contribution is -2.48. The zero-order chi connectivity index (χ0) is 29.8. The van der Waals surface area contributed by atoms with Gasteiger partial charge < -0.3 is 14.5 Å². The number of nitrogens with one attached hydrogen (secondary N) is 1. The number of carbonyl (C=O) groups is 2. The minimum absolute atomic E-state index is 0.00374. The van der Waals surface area contributed by atoms with E-state index in [4.69, 9.17) is 9.15 Å². The molecule has 1 aliphatic heterocycles. The van der Waals surface area contributed by atoms with Crippen LogP contribution < -0.4 is 10.2 Å². The molecule has 6 rings (SSSR count). The van der Waals surface area contributed by atoms with Crippen LogP contribution in [0.5, 0.6) is 0 Å². The third-order valence-corrected chi connectivity index (χ3v) is 9.88. The van der Waals surface area contributed by atoms with Gasteiger partial charge in [0.15, 0.2) is 6.04 Å². The van der Waals surface area contributed by atoms with Gasteiger partial charge in [0.25, 0.3) is 5.91 Å². The number of benzene rings is 2. The molecule has 1 saturated carbocycles. The van der Waals surface area contributed by atoms with Gasteiger partial charge in [-0.05, 0) is 61.4 Å².